The first-order valence-electron chi connectivity index (χ1n) is 10.9. The van der Waals surface area contributed by atoms with Crippen molar-refractivity contribution in [2.75, 3.05) is 13.7 Å². The highest BCUT2D eigenvalue weighted by Gasteiger charge is 2.16. The number of aromatic amines is 1. The highest BCUT2D eigenvalue weighted by atomic mass is 35.5. The van der Waals surface area contributed by atoms with Crippen LogP contribution in [0.15, 0.2) is 78.6 Å². The average Bonchev–Trinajstić information content (AvgIpc) is 3.27. The summed E-state index contributed by atoms with van der Waals surface area (Å²) in [7, 11) is 1.59. The standard InChI is InChI=1S/C27H23Cl2N3O3/c1-35-21-9-10-24-22(15-21)19(16-31-24)13-25(32-26(33)18-5-3-2-4-6-18)27(34)30-12-11-17-7-8-20(28)14-23(17)29/h2-10,13-16,31H,11-12H2,1H3,(H,30,34)(H,32,33)/b25-13+. The maximum absolute atomic E-state index is 13.1. The smallest absolute Gasteiger partial charge is 0.267 e. The van der Waals surface area contributed by atoms with E-state index in [-0.39, 0.29) is 11.6 Å². The third-order valence-corrected chi connectivity index (χ3v) is 6.03. The van der Waals surface area contributed by atoms with Crippen LogP contribution in [0.4, 0.5) is 0 Å². The van der Waals surface area contributed by atoms with E-state index < -0.39 is 5.91 Å². The summed E-state index contributed by atoms with van der Waals surface area (Å²) < 4.78 is 5.33. The van der Waals surface area contributed by atoms with Crippen molar-refractivity contribution < 1.29 is 14.3 Å². The normalized spacial score (nSPS) is 11.3. The molecule has 3 N–H and O–H groups in total. The van der Waals surface area contributed by atoms with E-state index >= 15 is 0 Å². The van der Waals surface area contributed by atoms with E-state index in [2.05, 4.69) is 15.6 Å². The second-order valence-corrected chi connectivity index (χ2v) is 8.62. The Bertz CT molecular complexity index is 1400. The molecule has 0 spiro atoms. The fourth-order valence-corrected chi connectivity index (χ4v) is 4.10. The minimum Gasteiger partial charge on any atom is -0.497 e. The van der Waals surface area contributed by atoms with Gasteiger partial charge in [-0.2, -0.15) is 0 Å². The highest BCUT2D eigenvalue weighted by molar-refractivity contribution is 6.35. The number of nitrogens with one attached hydrogen (secondary N) is 3. The lowest BCUT2D eigenvalue weighted by atomic mass is 10.1. The molecule has 0 bridgehead atoms. The summed E-state index contributed by atoms with van der Waals surface area (Å²) in [6.07, 6.45) is 3.93. The van der Waals surface area contributed by atoms with Gasteiger partial charge in [-0.15, -0.1) is 0 Å². The molecule has 35 heavy (non-hydrogen) atoms. The molecule has 8 heteroatoms. The van der Waals surface area contributed by atoms with Gasteiger partial charge in [-0.05, 0) is 60.5 Å². The monoisotopic (exact) mass is 507 g/mol. The summed E-state index contributed by atoms with van der Waals surface area (Å²) in [5.74, 6) is -0.118. The summed E-state index contributed by atoms with van der Waals surface area (Å²) in [5.41, 5.74) is 3.03. The van der Waals surface area contributed by atoms with Crippen LogP contribution in [0.3, 0.4) is 0 Å². The quantitative estimate of drug-likeness (QED) is 0.271. The van der Waals surface area contributed by atoms with E-state index in [4.69, 9.17) is 27.9 Å². The largest absolute Gasteiger partial charge is 0.497 e. The molecule has 3 aromatic carbocycles. The van der Waals surface area contributed by atoms with Crippen LogP contribution in [0.5, 0.6) is 5.75 Å². The molecule has 0 unspecified atom stereocenters. The number of methoxy groups -OCH3 is 1. The van der Waals surface area contributed by atoms with Gasteiger partial charge in [-0.1, -0.05) is 47.5 Å². The van der Waals surface area contributed by atoms with E-state index in [1.54, 1.807) is 55.8 Å². The SMILES string of the molecule is COc1ccc2[nH]cc(/C=C(/NC(=O)c3ccccc3)C(=O)NCCc3ccc(Cl)cc3Cl)c2c1. The molecular weight excluding hydrogens is 485 g/mol. The van der Waals surface area contributed by atoms with Crippen molar-refractivity contribution in [1.82, 2.24) is 15.6 Å². The summed E-state index contributed by atoms with van der Waals surface area (Å²) in [5, 5.41) is 7.56. The number of halogens is 2. The first-order chi connectivity index (χ1) is 16.9. The van der Waals surface area contributed by atoms with E-state index in [0.717, 1.165) is 22.0 Å². The number of hydrogen-bond donors (Lipinski definition) is 3. The Kier molecular flexibility index (Phi) is 7.75. The number of ether oxygens (including phenoxy) is 1. The van der Waals surface area contributed by atoms with Crippen LogP contribution in [-0.4, -0.2) is 30.5 Å². The summed E-state index contributed by atoms with van der Waals surface area (Å²) >= 11 is 12.2. The van der Waals surface area contributed by atoms with Crippen LogP contribution in [0.1, 0.15) is 21.5 Å². The van der Waals surface area contributed by atoms with Gasteiger partial charge in [-0.25, -0.2) is 0 Å². The van der Waals surface area contributed by atoms with Crippen molar-refractivity contribution in [2.24, 2.45) is 0 Å². The number of aromatic nitrogens is 1. The first kappa shape index (κ1) is 24.4. The summed E-state index contributed by atoms with van der Waals surface area (Å²) in [6, 6.07) is 19.6. The third-order valence-electron chi connectivity index (χ3n) is 5.44. The minimum atomic E-state index is -0.420. The van der Waals surface area contributed by atoms with Gasteiger partial charge in [0, 0.05) is 44.8 Å². The van der Waals surface area contributed by atoms with Crippen LogP contribution in [-0.2, 0) is 11.2 Å². The van der Waals surface area contributed by atoms with Crippen molar-refractivity contribution in [1.29, 1.82) is 0 Å². The number of amides is 2. The van der Waals surface area contributed by atoms with E-state index in [1.807, 2.05) is 30.3 Å². The van der Waals surface area contributed by atoms with Gasteiger partial charge >= 0.3 is 0 Å². The predicted molar refractivity (Wildman–Crippen MR) is 140 cm³/mol. The zero-order chi connectivity index (χ0) is 24.8. The van der Waals surface area contributed by atoms with Gasteiger partial charge < -0.3 is 20.4 Å². The van der Waals surface area contributed by atoms with Gasteiger partial charge in [0.2, 0.25) is 0 Å². The van der Waals surface area contributed by atoms with E-state index in [1.165, 1.54) is 0 Å². The van der Waals surface area contributed by atoms with Gasteiger partial charge in [0.25, 0.3) is 11.8 Å². The molecule has 0 atom stereocenters. The van der Waals surface area contributed by atoms with Crippen molar-refractivity contribution in [3.8, 4) is 5.75 Å². The Morgan fingerprint density at radius 1 is 1.03 bits per heavy atom. The van der Waals surface area contributed by atoms with Crippen LogP contribution in [0.2, 0.25) is 10.0 Å². The minimum absolute atomic E-state index is 0.116. The number of benzene rings is 3. The molecule has 0 saturated heterocycles. The Balaban J connectivity index is 1.58. The fourth-order valence-electron chi connectivity index (χ4n) is 3.60. The average molecular weight is 508 g/mol. The van der Waals surface area contributed by atoms with Crippen LogP contribution < -0.4 is 15.4 Å². The lowest BCUT2D eigenvalue weighted by Crippen LogP contribution is -2.35. The molecule has 4 aromatic rings. The number of carbonyl (C=O) groups excluding carboxylic acids is 2. The van der Waals surface area contributed by atoms with Crippen LogP contribution >= 0.6 is 23.2 Å². The van der Waals surface area contributed by atoms with Crippen LogP contribution in [0.25, 0.3) is 17.0 Å². The Hall–Kier alpha value is -3.74. The topological polar surface area (TPSA) is 83.2 Å². The van der Waals surface area contributed by atoms with E-state index in [9.17, 15) is 9.59 Å². The number of carbonyl (C=O) groups is 2. The Morgan fingerprint density at radius 3 is 2.57 bits per heavy atom. The maximum atomic E-state index is 13.1. The van der Waals surface area contributed by atoms with Crippen LogP contribution in [0, 0.1) is 0 Å². The first-order valence-corrected chi connectivity index (χ1v) is 11.7. The van der Waals surface area contributed by atoms with Crippen molar-refractivity contribution >= 4 is 52.0 Å². The predicted octanol–water partition coefficient (Wildman–Crippen LogP) is 5.61. The molecule has 0 aliphatic heterocycles. The zero-order valence-electron chi connectivity index (χ0n) is 18.9. The van der Waals surface area contributed by atoms with Crippen molar-refractivity contribution in [3.05, 3.63) is 105 Å². The number of hydrogen-bond acceptors (Lipinski definition) is 3. The molecule has 178 valence electrons. The molecular formula is C27H23Cl2N3O3. The molecule has 4 rings (SSSR count). The van der Waals surface area contributed by atoms with Gasteiger partial charge in [-0.3, -0.25) is 9.59 Å². The molecule has 2 amide bonds. The molecule has 0 saturated carbocycles. The molecule has 0 fully saturated rings. The molecule has 6 nitrogen and oxygen atoms in total. The van der Waals surface area contributed by atoms with Crippen molar-refractivity contribution in [2.45, 2.75) is 6.42 Å². The van der Waals surface area contributed by atoms with Gasteiger partial charge in [0.15, 0.2) is 0 Å². The fraction of sp³-hybridized carbons (Fsp3) is 0.111. The Labute approximate surface area is 212 Å². The third kappa shape index (κ3) is 6.04. The number of H-pyrrole nitrogens is 1. The molecule has 1 heterocycles. The second-order valence-electron chi connectivity index (χ2n) is 7.78. The molecule has 0 aliphatic carbocycles. The number of fused-ring (bicyclic) bond motifs is 1. The second kappa shape index (κ2) is 11.1. The summed E-state index contributed by atoms with van der Waals surface area (Å²) in [6.45, 7) is 0.320. The Morgan fingerprint density at radius 2 is 1.83 bits per heavy atom. The van der Waals surface area contributed by atoms with Crippen molar-refractivity contribution in [3.63, 3.8) is 0 Å². The lowest BCUT2D eigenvalue weighted by Gasteiger charge is -2.12. The van der Waals surface area contributed by atoms with E-state index in [0.29, 0.717) is 34.3 Å². The lowest BCUT2D eigenvalue weighted by molar-refractivity contribution is -0.117. The van der Waals surface area contributed by atoms with Gasteiger partial charge in [0.05, 0.1) is 7.11 Å². The maximum Gasteiger partial charge on any atom is 0.267 e. The van der Waals surface area contributed by atoms with Gasteiger partial charge in [0.1, 0.15) is 11.4 Å². The molecule has 0 radical (unpaired) electrons. The molecule has 1 aromatic heterocycles. The summed E-state index contributed by atoms with van der Waals surface area (Å²) in [4.78, 5) is 29.2. The number of rotatable bonds is 8. The highest BCUT2D eigenvalue weighted by Crippen LogP contribution is 2.25. The zero-order valence-corrected chi connectivity index (χ0v) is 20.4. The molecule has 0 aliphatic rings.